The average molecular weight is 417 g/mol. The molecule has 2 unspecified atom stereocenters. The van der Waals surface area contributed by atoms with E-state index in [0.717, 1.165) is 0 Å². The van der Waals surface area contributed by atoms with E-state index in [4.69, 9.17) is 28.5 Å². The number of oxime groups is 1. The first-order chi connectivity index (χ1) is 14.4. The van der Waals surface area contributed by atoms with Gasteiger partial charge in [0.05, 0.1) is 25.9 Å². The largest absolute Gasteiger partial charge is 0.496 e. The fourth-order valence-electron chi connectivity index (χ4n) is 4.12. The molecule has 2 heterocycles. The zero-order chi connectivity index (χ0) is 21.5. The molecule has 8 heteroatoms. The number of carbonyl (C=O) groups excluding carboxylic acids is 1. The summed E-state index contributed by atoms with van der Waals surface area (Å²) < 4.78 is 28.6. The van der Waals surface area contributed by atoms with Crippen molar-refractivity contribution in [2.75, 3.05) is 34.5 Å². The highest BCUT2D eigenvalue weighted by Crippen LogP contribution is 2.43. The molecular formula is C22H27NO7. The quantitative estimate of drug-likeness (QED) is 0.537. The van der Waals surface area contributed by atoms with Crippen LogP contribution in [0, 0.1) is 11.3 Å². The van der Waals surface area contributed by atoms with Gasteiger partial charge in [-0.2, -0.15) is 0 Å². The zero-order valence-electron chi connectivity index (χ0n) is 17.8. The molecule has 1 aromatic carbocycles. The maximum Gasteiger partial charge on any atom is 0.257 e. The Morgan fingerprint density at radius 1 is 1.07 bits per heavy atom. The predicted molar refractivity (Wildman–Crippen MR) is 107 cm³/mol. The Morgan fingerprint density at radius 2 is 1.73 bits per heavy atom. The summed E-state index contributed by atoms with van der Waals surface area (Å²) in [7, 11) is 4.43. The molecule has 3 aliphatic rings. The normalized spacial score (nSPS) is 27.7. The molecular weight excluding hydrogens is 390 g/mol. The van der Waals surface area contributed by atoms with Crippen LogP contribution >= 0.6 is 0 Å². The predicted octanol–water partition coefficient (Wildman–Crippen LogP) is 2.31. The molecule has 1 fully saturated rings. The third-order valence-electron chi connectivity index (χ3n) is 5.69. The van der Waals surface area contributed by atoms with Gasteiger partial charge in [-0.15, -0.1) is 0 Å². The van der Waals surface area contributed by atoms with E-state index in [2.05, 4.69) is 5.16 Å². The minimum atomic E-state index is -1.66. The Balaban J connectivity index is 1.73. The van der Waals surface area contributed by atoms with Crippen molar-refractivity contribution in [3.63, 3.8) is 0 Å². The summed E-state index contributed by atoms with van der Waals surface area (Å²) in [4.78, 5) is 19.4. The van der Waals surface area contributed by atoms with Crippen molar-refractivity contribution in [2.24, 2.45) is 16.5 Å². The van der Waals surface area contributed by atoms with E-state index < -0.39 is 24.1 Å². The molecule has 0 saturated carbocycles. The van der Waals surface area contributed by atoms with E-state index in [1.807, 2.05) is 38.1 Å². The molecule has 2 atom stereocenters. The lowest BCUT2D eigenvalue weighted by molar-refractivity contribution is -0.243. The van der Waals surface area contributed by atoms with Crippen molar-refractivity contribution in [3.05, 3.63) is 41.5 Å². The molecule has 4 rings (SSSR count). The lowest BCUT2D eigenvalue weighted by Gasteiger charge is -2.43. The minimum Gasteiger partial charge on any atom is -0.496 e. The van der Waals surface area contributed by atoms with E-state index in [1.54, 1.807) is 13.2 Å². The molecule has 0 bridgehead atoms. The van der Waals surface area contributed by atoms with E-state index in [9.17, 15) is 4.79 Å². The molecule has 1 aromatic rings. The third-order valence-corrected chi connectivity index (χ3v) is 5.69. The van der Waals surface area contributed by atoms with E-state index in [1.165, 1.54) is 14.2 Å². The molecule has 0 aromatic heterocycles. The van der Waals surface area contributed by atoms with Crippen LogP contribution < -0.4 is 4.74 Å². The fraction of sp³-hybridized carbons (Fsp3) is 0.545. The molecule has 162 valence electrons. The number of nitrogens with zero attached hydrogens (tertiary/aromatic N) is 1. The zero-order valence-corrected chi connectivity index (χ0v) is 17.8. The number of ketones is 1. The van der Waals surface area contributed by atoms with Gasteiger partial charge in [-0.1, -0.05) is 31.1 Å². The van der Waals surface area contributed by atoms with Gasteiger partial charge in [-0.05, 0) is 18.2 Å². The first-order valence-electron chi connectivity index (χ1n) is 9.84. The van der Waals surface area contributed by atoms with Crippen molar-refractivity contribution in [1.82, 2.24) is 0 Å². The molecule has 1 saturated heterocycles. The van der Waals surface area contributed by atoms with Gasteiger partial charge in [0.15, 0.2) is 12.4 Å². The number of para-hydroxylation sites is 1. The van der Waals surface area contributed by atoms with Crippen molar-refractivity contribution in [3.8, 4) is 5.75 Å². The molecule has 2 aliphatic heterocycles. The van der Waals surface area contributed by atoms with Crippen LogP contribution in [0.25, 0.3) is 0 Å². The van der Waals surface area contributed by atoms with Gasteiger partial charge in [0.25, 0.3) is 5.79 Å². The second-order valence-electron chi connectivity index (χ2n) is 8.35. The summed E-state index contributed by atoms with van der Waals surface area (Å²) in [5.74, 6) is -2.10. The summed E-state index contributed by atoms with van der Waals surface area (Å²) >= 11 is 0. The average Bonchev–Trinajstić information content (AvgIpc) is 3.18. The Labute approximate surface area is 175 Å². The van der Waals surface area contributed by atoms with Crippen LogP contribution in [0.2, 0.25) is 0 Å². The monoisotopic (exact) mass is 417 g/mol. The lowest BCUT2D eigenvalue weighted by Crippen LogP contribution is -2.58. The van der Waals surface area contributed by atoms with Crippen LogP contribution in [-0.2, 0) is 28.6 Å². The fourth-order valence-corrected chi connectivity index (χ4v) is 4.12. The standard InChI is InChI=1S/C22H27NO7/c1-21(2)11-28-20(29-12-21)14-10-16-17(19(24)22(14,26-4)27-5)18(23-30-16)13-8-6-7-9-15(13)25-3/h6-10,16-17,20H,11-12H2,1-5H3. The second-order valence-corrected chi connectivity index (χ2v) is 8.35. The number of fused-ring (bicyclic) bond motifs is 1. The number of ether oxygens (including phenoxy) is 5. The first kappa shape index (κ1) is 21.0. The summed E-state index contributed by atoms with van der Waals surface area (Å²) in [6.45, 7) is 5.05. The SMILES string of the molecule is COc1ccccc1C1=NOC2C=C(C3OCC(C)(C)CO3)C(OC)(OC)C(=O)C12. The molecule has 30 heavy (non-hydrogen) atoms. The molecule has 8 nitrogen and oxygen atoms in total. The van der Waals surface area contributed by atoms with Gasteiger partial charge in [-0.25, -0.2) is 0 Å². The molecule has 0 spiro atoms. The molecule has 0 N–H and O–H groups in total. The summed E-state index contributed by atoms with van der Waals surface area (Å²) in [5.41, 5.74) is 1.48. The van der Waals surface area contributed by atoms with E-state index in [0.29, 0.717) is 35.8 Å². The summed E-state index contributed by atoms with van der Waals surface area (Å²) in [5, 5.41) is 4.22. The smallest absolute Gasteiger partial charge is 0.257 e. The number of benzene rings is 1. The van der Waals surface area contributed by atoms with E-state index in [-0.39, 0.29) is 11.2 Å². The van der Waals surface area contributed by atoms with Gasteiger partial charge >= 0.3 is 0 Å². The molecule has 0 amide bonds. The topological polar surface area (TPSA) is 84.8 Å². The van der Waals surface area contributed by atoms with Gasteiger partial charge in [0.1, 0.15) is 17.4 Å². The van der Waals surface area contributed by atoms with Crippen LogP contribution in [0.3, 0.4) is 0 Å². The van der Waals surface area contributed by atoms with Crippen molar-refractivity contribution in [2.45, 2.75) is 32.0 Å². The van der Waals surface area contributed by atoms with Gasteiger partial charge in [-0.3, -0.25) is 4.79 Å². The first-order valence-corrected chi connectivity index (χ1v) is 9.84. The maximum absolute atomic E-state index is 13.8. The Kier molecular flexibility index (Phi) is 5.44. The summed E-state index contributed by atoms with van der Waals surface area (Å²) in [6.07, 6.45) is 0.378. The van der Waals surface area contributed by atoms with Crippen LogP contribution in [0.5, 0.6) is 5.75 Å². The van der Waals surface area contributed by atoms with Gasteiger partial charge < -0.3 is 28.5 Å². The van der Waals surface area contributed by atoms with Crippen LogP contribution in [-0.4, -0.2) is 64.2 Å². The lowest BCUT2D eigenvalue weighted by atomic mass is 9.77. The number of rotatable bonds is 5. The highest BCUT2D eigenvalue weighted by molar-refractivity contribution is 6.18. The highest BCUT2D eigenvalue weighted by atomic mass is 16.7. The number of hydrogen-bond acceptors (Lipinski definition) is 8. The van der Waals surface area contributed by atoms with Crippen LogP contribution in [0.1, 0.15) is 19.4 Å². The highest BCUT2D eigenvalue weighted by Gasteiger charge is 2.59. The van der Waals surface area contributed by atoms with Crippen molar-refractivity contribution in [1.29, 1.82) is 0 Å². The number of Topliss-reactive ketones (excluding diaryl/α,β-unsaturated/α-hetero) is 1. The van der Waals surface area contributed by atoms with Gasteiger partial charge in [0.2, 0.25) is 5.78 Å². The summed E-state index contributed by atoms with van der Waals surface area (Å²) in [6, 6.07) is 7.36. The van der Waals surface area contributed by atoms with Crippen LogP contribution in [0.4, 0.5) is 0 Å². The van der Waals surface area contributed by atoms with Gasteiger partial charge in [0, 0.05) is 25.2 Å². The Morgan fingerprint density at radius 3 is 2.37 bits per heavy atom. The number of methoxy groups -OCH3 is 3. The molecule has 0 radical (unpaired) electrons. The Hall–Kier alpha value is -2.26. The Bertz CT molecular complexity index is 877. The maximum atomic E-state index is 13.8. The molecule has 1 aliphatic carbocycles. The van der Waals surface area contributed by atoms with Crippen LogP contribution in [0.15, 0.2) is 41.1 Å². The third kappa shape index (κ3) is 3.24. The second kappa shape index (κ2) is 7.77. The van der Waals surface area contributed by atoms with Crippen molar-refractivity contribution >= 4 is 11.5 Å². The minimum absolute atomic E-state index is 0.120. The number of hydrogen-bond donors (Lipinski definition) is 0. The van der Waals surface area contributed by atoms with E-state index >= 15 is 0 Å². The number of carbonyl (C=O) groups is 1. The van der Waals surface area contributed by atoms with Crippen molar-refractivity contribution < 1.29 is 33.3 Å².